The van der Waals surface area contributed by atoms with Crippen LogP contribution in [0.15, 0.2) is 53.1 Å². The summed E-state index contributed by atoms with van der Waals surface area (Å²) in [6.45, 7) is 0.683. The molecule has 0 bridgehead atoms. The monoisotopic (exact) mass is 245 g/mol. The summed E-state index contributed by atoms with van der Waals surface area (Å²) < 4.78 is 10.4. The number of benzene rings is 1. The maximum Gasteiger partial charge on any atom is 0.410 e. The highest BCUT2D eigenvalue weighted by Gasteiger charge is 2.11. The molecule has 1 aromatic heterocycles. The molecule has 0 radical (unpaired) electrons. The molecule has 0 aliphatic rings. The van der Waals surface area contributed by atoms with Crippen LogP contribution in [0.4, 0.5) is 4.79 Å². The van der Waals surface area contributed by atoms with Gasteiger partial charge in [-0.05, 0) is 17.7 Å². The van der Waals surface area contributed by atoms with Gasteiger partial charge in [0.25, 0.3) is 0 Å². The van der Waals surface area contributed by atoms with Gasteiger partial charge in [-0.15, -0.1) is 0 Å². The van der Waals surface area contributed by atoms with Crippen LogP contribution in [0.25, 0.3) is 0 Å². The topological polar surface area (TPSA) is 42.7 Å². The Morgan fingerprint density at radius 2 is 2.00 bits per heavy atom. The van der Waals surface area contributed by atoms with Gasteiger partial charge < -0.3 is 14.1 Å². The standard InChI is InChI=1S/C14H15NO3/c1-15(10-13-8-5-9-17-13)14(16)18-11-12-6-3-2-4-7-12/h2-9H,10-11H2,1H3. The van der Waals surface area contributed by atoms with Crippen LogP contribution in [0.2, 0.25) is 0 Å². The average Bonchev–Trinajstić information content (AvgIpc) is 2.90. The highest BCUT2D eigenvalue weighted by Crippen LogP contribution is 2.07. The van der Waals surface area contributed by atoms with Crippen molar-refractivity contribution >= 4 is 6.09 Å². The molecule has 0 N–H and O–H groups in total. The van der Waals surface area contributed by atoms with E-state index in [1.54, 1.807) is 19.4 Å². The molecule has 2 rings (SSSR count). The van der Waals surface area contributed by atoms with Crippen LogP contribution in [0.1, 0.15) is 11.3 Å². The normalized spacial score (nSPS) is 10.1. The van der Waals surface area contributed by atoms with Gasteiger partial charge in [0.15, 0.2) is 0 Å². The number of carbonyl (C=O) groups is 1. The van der Waals surface area contributed by atoms with Gasteiger partial charge in [-0.1, -0.05) is 30.3 Å². The zero-order valence-corrected chi connectivity index (χ0v) is 10.2. The van der Waals surface area contributed by atoms with Crippen LogP contribution in [0, 0.1) is 0 Å². The lowest BCUT2D eigenvalue weighted by Crippen LogP contribution is -2.26. The summed E-state index contributed by atoms with van der Waals surface area (Å²) in [5.74, 6) is 0.731. The van der Waals surface area contributed by atoms with Crippen LogP contribution >= 0.6 is 0 Å². The van der Waals surface area contributed by atoms with Gasteiger partial charge in [0, 0.05) is 7.05 Å². The molecule has 4 nitrogen and oxygen atoms in total. The van der Waals surface area contributed by atoms with Crippen molar-refractivity contribution in [1.29, 1.82) is 0 Å². The lowest BCUT2D eigenvalue weighted by Gasteiger charge is -2.15. The minimum Gasteiger partial charge on any atom is -0.467 e. The minimum absolute atomic E-state index is 0.280. The molecule has 0 unspecified atom stereocenters. The van der Waals surface area contributed by atoms with Gasteiger partial charge in [0.1, 0.15) is 12.4 Å². The Morgan fingerprint density at radius 1 is 1.22 bits per heavy atom. The molecular formula is C14H15NO3. The molecule has 0 aliphatic carbocycles. The molecule has 94 valence electrons. The zero-order valence-electron chi connectivity index (χ0n) is 10.2. The molecule has 1 heterocycles. The molecule has 0 saturated heterocycles. The van der Waals surface area contributed by atoms with Crippen molar-refractivity contribution in [3.8, 4) is 0 Å². The molecule has 0 atom stereocenters. The second-order valence-electron chi connectivity index (χ2n) is 3.98. The van der Waals surface area contributed by atoms with Crippen LogP contribution < -0.4 is 0 Å². The van der Waals surface area contributed by atoms with Crippen molar-refractivity contribution in [3.05, 3.63) is 60.1 Å². The Morgan fingerprint density at radius 3 is 2.67 bits per heavy atom. The van der Waals surface area contributed by atoms with Crippen LogP contribution in [-0.2, 0) is 17.9 Å². The Bertz CT molecular complexity index is 479. The summed E-state index contributed by atoms with van der Waals surface area (Å²) in [5, 5.41) is 0. The highest BCUT2D eigenvalue weighted by molar-refractivity contribution is 5.67. The second-order valence-corrected chi connectivity index (χ2v) is 3.98. The van der Waals surface area contributed by atoms with Crippen molar-refractivity contribution < 1.29 is 13.9 Å². The van der Waals surface area contributed by atoms with Gasteiger partial charge in [0.2, 0.25) is 0 Å². The van der Waals surface area contributed by atoms with Gasteiger partial charge in [0.05, 0.1) is 12.8 Å². The van der Waals surface area contributed by atoms with E-state index in [0.717, 1.165) is 11.3 Å². The smallest absolute Gasteiger partial charge is 0.410 e. The van der Waals surface area contributed by atoms with Crippen molar-refractivity contribution in [3.63, 3.8) is 0 Å². The molecule has 0 fully saturated rings. The quantitative estimate of drug-likeness (QED) is 0.831. The molecule has 0 aliphatic heterocycles. The molecule has 4 heteroatoms. The van der Waals surface area contributed by atoms with Crippen LogP contribution in [0.3, 0.4) is 0 Å². The maximum atomic E-state index is 11.7. The molecule has 0 spiro atoms. The lowest BCUT2D eigenvalue weighted by molar-refractivity contribution is 0.100. The summed E-state index contributed by atoms with van der Waals surface area (Å²) in [7, 11) is 1.68. The van der Waals surface area contributed by atoms with E-state index in [1.165, 1.54) is 4.90 Å². The van der Waals surface area contributed by atoms with E-state index in [1.807, 2.05) is 36.4 Å². The first kappa shape index (κ1) is 12.2. The van der Waals surface area contributed by atoms with Gasteiger partial charge >= 0.3 is 6.09 Å². The van der Waals surface area contributed by atoms with E-state index in [4.69, 9.17) is 9.15 Å². The van der Waals surface area contributed by atoms with Gasteiger partial charge in [-0.3, -0.25) is 0 Å². The van der Waals surface area contributed by atoms with E-state index >= 15 is 0 Å². The van der Waals surface area contributed by atoms with Crippen molar-refractivity contribution in [2.24, 2.45) is 0 Å². The Hall–Kier alpha value is -2.23. The third kappa shape index (κ3) is 3.38. The van der Waals surface area contributed by atoms with Crippen LogP contribution in [0.5, 0.6) is 0 Å². The van der Waals surface area contributed by atoms with Crippen LogP contribution in [-0.4, -0.2) is 18.0 Å². The summed E-state index contributed by atoms with van der Waals surface area (Å²) >= 11 is 0. The molecule has 0 saturated carbocycles. The second kappa shape index (κ2) is 5.91. The lowest BCUT2D eigenvalue weighted by atomic mass is 10.2. The van der Waals surface area contributed by atoms with Crippen molar-refractivity contribution in [2.45, 2.75) is 13.2 Å². The van der Waals surface area contributed by atoms with E-state index in [0.29, 0.717) is 6.54 Å². The Kier molecular flexibility index (Phi) is 4.02. The fourth-order valence-corrected chi connectivity index (χ4v) is 1.53. The average molecular weight is 245 g/mol. The first-order valence-corrected chi connectivity index (χ1v) is 5.70. The van der Waals surface area contributed by atoms with E-state index in [2.05, 4.69) is 0 Å². The molecule has 2 aromatic rings. The fourth-order valence-electron chi connectivity index (χ4n) is 1.53. The molecule has 18 heavy (non-hydrogen) atoms. The third-order valence-corrected chi connectivity index (χ3v) is 2.49. The summed E-state index contributed by atoms with van der Waals surface area (Å²) in [4.78, 5) is 13.2. The first-order valence-electron chi connectivity index (χ1n) is 5.70. The Balaban J connectivity index is 1.81. The highest BCUT2D eigenvalue weighted by atomic mass is 16.6. The number of hydrogen-bond acceptors (Lipinski definition) is 3. The largest absolute Gasteiger partial charge is 0.467 e. The number of amides is 1. The number of nitrogens with zero attached hydrogens (tertiary/aromatic N) is 1. The van der Waals surface area contributed by atoms with Gasteiger partial charge in [-0.25, -0.2) is 4.79 Å². The number of ether oxygens (including phenoxy) is 1. The SMILES string of the molecule is CN(Cc1ccco1)C(=O)OCc1ccccc1. The van der Waals surface area contributed by atoms with Crippen molar-refractivity contribution in [2.75, 3.05) is 7.05 Å². The first-order chi connectivity index (χ1) is 8.75. The zero-order chi connectivity index (χ0) is 12.8. The van der Waals surface area contributed by atoms with E-state index in [9.17, 15) is 4.79 Å². The minimum atomic E-state index is -0.366. The summed E-state index contributed by atoms with van der Waals surface area (Å²) in [6, 6.07) is 13.2. The predicted octanol–water partition coefficient (Wildman–Crippen LogP) is 3.05. The van der Waals surface area contributed by atoms with Gasteiger partial charge in [-0.2, -0.15) is 0 Å². The summed E-state index contributed by atoms with van der Waals surface area (Å²) in [6.07, 6.45) is 1.22. The van der Waals surface area contributed by atoms with E-state index in [-0.39, 0.29) is 12.7 Å². The Labute approximate surface area is 106 Å². The number of rotatable bonds is 4. The molecule has 1 amide bonds. The molecular weight excluding hydrogens is 230 g/mol. The third-order valence-electron chi connectivity index (χ3n) is 2.49. The fraction of sp³-hybridized carbons (Fsp3) is 0.214. The van der Waals surface area contributed by atoms with E-state index < -0.39 is 0 Å². The predicted molar refractivity (Wildman–Crippen MR) is 66.8 cm³/mol. The molecule has 1 aromatic carbocycles. The number of furan rings is 1. The maximum absolute atomic E-state index is 11.7. The number of hydrogen-bond donors (Lipinski definition) is 0. The summed E-state index contributed by atoms with van der Waals surface area (Å²) in [5.41, 5.74) is 0.970. The van der Waals surface area contributed by atoms with Crippen molar-refractivity contribution in [1.82, 2.24) is 4.90 Å². The number of carbonyl (C=O) groups excluding carboxylic acids is 1.